The van der Waals surface area contributed by atoms with E-state index in [4.69, 9.17) is 21.1 Å². The Morgan fingerprint density at radius 3 is 2.67 bits per heavy atom. The van der Waals surface area contributed by atoms with Crippen molar-refractivity contribution in [1.82, 2.24) is 10.3 Å². The van der Waals surface area contributed by atoms with Gasteiger partial charge in [-0.3, -0.25) is 4.98 Å². The van der Waals surface area contributed by atoms with Crippen LogP contribution < -0.4 is 14.8 Å². The van der Waals surface area contributed by atoms with Crippen LogP contribution in [0.4, 0.5) is 0 Å². The van der Waals surface area contributed by atoms with Crippen LogP contribution in [0.1, 0.15) is 18.1 Å². The molecule has 0 aliphatic heterocycles. The molecule has 1 aromatic carbocycles. The highest BCUT2D eigenvalue weighted by Crippen LogP contribution is 2.35. The van der Waals surface area contributed by atoms with E-state index in [-0.39, 0.29) is 0 Å². The molecular weight excluding hydrogens is 288 g/mol. The molecule has 112 valence electrons. The number of nitrogens with one attached hydrogen (secondary N) is 1. The minimum atomic E-state index is 0.458. The maximum absolute atomic E-state index is 6.13. The van der Waals surface area contributed by atoms with E-state index >= 15 is 0 Å². The van der Waals surface area contributed by atoms with E-state index in [1.54, 1.807) is 25.6 Å². The minimum absolute atomic E-state index is 0.458. The van der Waals surface area contributed by atoms with E-state index in [1.165, 1.54) is 0 Å². The molecule has 0 atom stereocenters. The monoisotopic (exact) mass is 306 g/mol. The van der Waals surface area contributed by atoms with Crippen molar-refractivity contribution in [3.63, 3.8) is 0 Å². The van der Waals surface area contributed by atoms with Gasteiger partial charge in [0, 0.05) is 35.6 Å². The minimum Gasteiger partial charge on any atom is -0.493 e. The van der Waals surface area contributed by atoms with E-state index in [0.717, 1.165) is 23.4 Å². The lowest BCUT2D eigenvalue weighted by Gasteiger charge is -2.16. The first-order valence-electron chi connectivity index (χ1n) is 6.83. The molecule has 1 heterocycles. The molecule has 1 aromatic heterocycles. The molecule has 2 rings (SSSR count). The zero-order valence-corrected chi connectivity index (χ0v) is 13.0. The highest BCUT2D eigenvalue weighted by Gasteiger charge is 2.13. The molecule has 0 saturated heterocycles. The number of ether oxygens (including phenoxy) is 2. The summed E-state index contributed by atoms with van der Waals surface area (Å²) in [5.41, 5.74) is 2.03. The number of hydrogen-bond acceptors (Lipinski definition) is 4. The van der Waals surface area contributed by atoms with Gasteiger partial charge in [0.05, 0.1) is 7.11 Å². The van der Waals surface area contributed by atoms with Crippen LogP contribution in [0.5, 0.6) is 11.5 Å². The van der Waals surface area contributed by atoms with Crippen LogP contribution in [-0.4, -0.2) is 18.6 Å². The van der Waals surface area contributed by atoms with Crippen molar-refractivity contribution in [2.24, 2.45) is 0 Å². The lowest BCUT2D eigenvalue weighted by atomic mass is 10.1. The van der Waals surface area contributed by atoms with Gasteiger partial charge in [-0.05, 0) is 30.3 Å². The summed E-state index contributed by atoms with van der Waals surface area (Å²) in [6.07, 6.45) is 3.49. The van der Waals surface area contributed by atoms with Crippen LogP contribution in [0.2, 0.25) is 5.02 Å². The van der Waals surface area contributed by atoms with E-state index < -0.39 is 0 Å². The van der Waals surface area contributed by atoms with E-state index in [9.17, 15) is 0 Å². The average molecular weight is 307 g/mol. The fourth-order valence-electron chi connectivity index (χ4n) is 1.96. The topological polar surface area (TPSA) is 43.4 Å². The lowest BCUT2D eigenvalue weighted by molar-refractivity contribution is 0.280. The Kier molecular flexibility index (Phi) is 5.84. The summed E-state index contributed by atoms with van der Waals surface area (Å²) in [5, 5.41) is 3.91. The predicted octanol–water partition coefficient (Wildman–Crippen LogP) is 3.43. The maximum atomic E-state index is 6.13. The molecule has 0 spiro atoms. The largest absolute Gasteiger partial charge is 0.493 e. The summed E-state index contributed by atoms with van der Waals surface area (Å²) >= 11 is 6.13. The highest BCUT2D eigenvalue weighted by molar-refractivity contribution is 6.30. The maximum Gasteiger partial charge on any atom is 0.166 e. The Hall–Kier alpha value is -1.78. The molecule has 2 aromatic rings. The number of nitrogens with zero attached hydrogens (tertiary/aromatic N) is 1. The van der Waals surface area contributed by atoms with Crippen molar-refractivity contribution in [3.8, 4) is 11.5 Å². The number of benzene rings is 1. The molecule has 0 bridgehead atoms. The SMILES string of the molecule is CCNCc1cc(Cl)cc(OC)c1OCc1ccncc1. The first-order valence-corrected chi connectivity index (χ1v) is 7.21. The number of aromatic nitrogens is 1. The first-order chi connectivity index (χ1) is 10.2. The number of pyridine rings is 1. The van der Waals surface area contributed by atoms with Gasteiger partial charge in [0.1, 0.15) is 6.61 Å². The summed E-state index contributed by atoms with van der Waals surface area (Å²) in [6, 6.07) is 7.51. The second-order valence-corrected chi connectivity index (χ2v) is 4.96. The second kappa shape index (κ2) is 7.86. The molecule has 0 unspecified atom stereocenters. The normalized spacial score (nSPS) is 10.4. The Balaban J connectivity index is 2.22. The van der Waals surface area contributed by atoms with E-state index in [1.807, 2.05) is 18.2 Å². The quantitative estimate of drug-likeness (QED) is 0.851. The Bertz CT molecular complexity index is 576. The molecule has 0 aliphatic rings. The molecule has 0 aliphatic carbocycles. The van der Waals surface area contributed by atoms with Crippen molar-refractivity contribution in [3.05, 3.63) is 52.8 Å². The van der Waals surface area contributed by atoms with Crippen LogP contribution >= 0.6 is 11.6 Å². The van der Waals surface area contributed by atoms with Crippen molar-refractivity contribution in [2.45, 2.75) is 20.1 Å². The standard InChI is InChI=1S/C16H19ClN2O2/c1-3-18-10-13-8-14(17)9-15(20-2)16(13)21-11-12-4-6-19-7-5-12/h4-9,18H,3,10-11H2,1-2H3. The van der Waals surface area contributed by atoms with Gasteiger partial charge in [-0.2, -0.15) is 0 Å². The molecule has 0 amide bonds. The van der Waals surface area contributed by atoms with Gasteiger partial charge in [-0.15, -0.1) is 0 Å². The van der Waals surface area contributed by atoms with Crippen molar-refractivity contribution < 1.29 is 9.47 Å². The summed E-state index contributed by atoms with van der Waals surface area (Å²) in [4.78, 5) is 4.00. The third kappa shape index (κ3) is 4.34. The van der Waals surface area contributed by atoms with Crippen LogP contribution in [0.15, 0.2) is 36.7 Å². The Morgan fingerprint density at radius 2 is 2.00 bits per heavy atom. The second-order valence-electron chi connectivity index (χ2n) is 4.52. The van der Waals surface area contributed by atoms with Gasteiger partial charge in [-0.25, -0.2) is 0 Å². The predicted molar refractivity (Wildman–Crippen MR) is 84.0 cm³/mol. The van der Waals surface area contributed by atoms with Crippen molar-refractivity contribution >= 4 is 11.6 Å². The molecular formula is C16H19ClN2O2. The van der Waals surface area contributed by atoms with Crippen LogP contribution in [0.3, 0.4) is 0 Å². The summed E-state index contributed by atoms with van der Waals surface area (Å²) in [5.74, 6) is 1.36. The number of rotatable bonds is 7. The van der Waals surface area contributed by atoms with Crippen LogP contribution in [-0.2, 0) is 13.2 Å². The Labute approximate surface area is 130 Å². The molecule has 1 N–H and O–H groups in total. The van der Waals surface area contributed by atoms with Gasteiger partial charge < -0.3 is 14.8 Å². The van der Waals surface area contributed by atoms with Gasteiger partial charge >= 0.3 is 0 Å². The zero-order valence-electron chi connectivity index (χ0n) is 12.2. The molecule has 21 heavy (non-hydrogen) atoms. The summed E-state index contributed by atoms with van der Waals surface area (Å²) in [7, 11) is 1.61. The van der Waals surface area contributed by atoms with Crippen LogP contribution in [0.25, 0.3) is 0 Å². The third-order valence-electron chi connectivity index (χ3n) is 3.01. The fourth-order valence-corrected chi connectivity index (χ4v) is 2.19. The molecule has 4 nitrogen and oxygen atoms in total. The molecule has 0 fully saturated rings. The summed E-state index contributed by atoms with van der Waals surface area (Å²) < 4.78 is 11.3. The first kappa shape index (κ1) is 15.6. The van der Waals surface area contributed by atoms with Gasteiger partial charge in [0.15, 0.2) is 11.5 Å². The summed E-state index contributed by atoms with van der Waals surface area (Å²) in [6.45, 7) is 4.07. The van der Waals surface area contributed by atoms with Crippen molar-refractivity contribution in [1.29, 1.82) is 0 Å². The van der Waals surface area contributed by atoms with Crippen LogP contribution in [0, 0.1) is 0 Å². The third-order valence-corrected chi connectivity index (χ3v) is 3.23. The zero-order chi connectivity index (χ0) is 15.1. The van der Waals surface area contributed by atoms with Gasteiger partial charge in [0.25, 0.3) is 0 Å². The van der Waals surface area contributed by atoms with E-state index in [2.05, 4.69) is 17.2 Å². The van der Waals surface area contributed by atoms with Gasteiger partial charge in [-0.1, -0.05) is 18.5 Å². The molecule has 0 saturated carbocycles. The number of hydrogen-bond donors (Lipinski definition) is 1. The fraction of sp³-hybridized carbons (Fsp3) is 0.312. The Morgan fingerprint density at radius 1 is 1.24 bits per heavy atom. The lowest BCUT2D eigenvalue weighted by Crippen LogP contribution is -2.13. The van der Waals surface area contributed by atoms with E-state index in [0.29, 0.717) is 23.9 Å². The number of halogens is 1. The van der Waals surface area contributed by atoms with Gasteiger partial charge in [0.2, 0.25) is 0 Å². The molecule has 5 heteroatoms. The highest BCUT2D eigenvalue weighted by atomic mass is 35.5. The molecule has 0 radical (unpaired) electrons. The number of methoxy groups -OCH3 is 1. The smallest absolute Gasteiger partial charge is 0.166 e. The van der Waals surface area contributed by atoms with Crippen molar-refractivity contribution in [2.75, 3.05) is 13.7 Å². The average Bonchev–Trinajstić information content (AvgIpc) is 2.52.